The first-order valence-corrected chi connectivity index (χ1v) is 6.71. The van der Waals surface area contributed by atoms with Crippen molar-refractivity contribution in [2.24, 2.45) is 0 Å². The van der Waals surface area contributed by atoms with Gasteiger partial charge in [0.25, 0.3) is 0 Å². The molecule has 0 amide bonds. The third-order valence-electron chi connectivity index (χ3n) is 3.06. The number of aliphatic hydroxyl groups is 1. The van der Waals surface area contributed by atoms with Crippen molar-refractivity contribution in [3.05, 3.63) is 29.8 Å². The number of para-hydroxylation sites is 1. The second-order valence-corrected chi connectivity index (χ2v) is 4.50. The zero-order chi connectivity index (χ0) is 14.3. The minimum absolute atomic E-state index is 0.0335. The molecule has 0 fully saturated rings. The standard InChI is InChI=1S/C15H23NO3/c1-4-16(5-2)10-13(18)11-19-15-9-7-6-8-14(15)12(3)17/h6-9,13,18H,4-5,10-11H2,1-3H3/t13-/m0/s1. The maximum atomic E-state index is 11.4. The highest BCUT2D eigenvalue weighted by Crippen LogP contribution is 2.18. The molecule has 0 heterocycles. The number of hydrogen-bond donors (Lipinski definition) is 1. The van der Waals surface area contributed by atoms with Gasteiger partial charge >= 0.3 is 0 Å². The van der Waals surface area contributed by atoms with Crippen molar-refractivity contribution in [1.82, 2.24) is 4.90 Å². The number of hydrogen-bond acceptors (Lipinski definition) is 4. The van der Waals surface area contributed by atoms with Gasteiger partial charge < -0.3 is 14.7 Å². The van der Waals surface area contributed by atoms with E-state index >= 15 is 0 Å². The van der Waals surface area contributed by atoms with Crippen molar-refractivity contribution < 1.29 is 14.6 Å². The van der Waals surface area contributed by atoms with E-state index in [0.29, 0.717) is 17.9 Å². The second-order valence-electron chi connectivity index (χ2n) is 4.50. The third kappa shape index (κ3) is 5.01. The van der Waals surface area contributed by atoms with Crippen LogP contribution >= 0.6 is 0 Å². The third-order valence-corrected chi connectivity index (χ3v) is 3.06. The molecule has 1 aromatic carbocycles. The molecule has 0 saturated carbocycles. The van der Waals surface area contributed by atoms with E-state index in [0.717, 1.165) is 13.1 Å². The fraction of sp³-hybridized carbons (Fsp3) is 0.533. The molecule has 1 N–H and O–H groups in total. The van der Waals surface area contributed by atoms with Crippen LogP contribution in [0.3, 0.4) is 0 Å². The molecule has 1 aromatic rings. The Morgan fingerprint density at radius 3 is 2.53 bits per heavy atom. The summed E-state index contributed by atoms with van der Waals surface area (Å²) in [5.74, 6) is 0.502. The molecular formula is C15H23NO3. The van der Waals surface area contributed by atoms with Gasteiger partial charge in [-0.3, -0.25) is 4.79 Å². The Balaban J connectivity index is 2.55. The normalized spacial score (nSPS) is 12.5. The van der Waals surface area contributed by atoms with Crippen molar-refractivity contribution in [3.8, 4) is 5.75 Å². The van der Waals surface area contributed by atoms with Crippen molar-refractivity contribution in [2.75, 3.05) is 26.2 Å². The van der Waals surface area contributed by atoms with Crippen molar-refractivity contribution in [2.45, 2.75) is 26.9 Å². The number of ether oxygens (including phenoxy) is 1. The molecule has 4 heteroatoms. The topological polar surface area (TPSA) is 49.8 Å². The molecule has 0 aliphatic carbocycles. The van der Waals surface area contributed by atoms with Crippen LogP contribution < -0.4 is 4.74 Å². The smallest absolute Gasteiger partial charge is 0.163 e. The van der Waals surface area contributed by atoms with Gasteiger partial charge in [-0.1, -0.05) is 26.0 Å². The molecule has 0 spiro atoms. The minimum Gasteiger partial charge on any atom is -0.490 e. The predicted octanol–water partition coefficient (Wildman–Crippen LogP) is 1.97. The molecule has 0 saturated heterocycles. The molecule has 0 bridgehead atoms. The lowest BCUT2D eigenvalue weighted by Gasteiger charge is -2.22. The van der Waals surface area contributed by atoms with Crippen LogP contribution in [-0.2, 0) is 0 Å². The van der Waals surface area contributed by atoms with E-state index in [4.69, 9.17) is 4.74 Å². The first kappa shape index (κ1) is 15.7. The molecule has 0 radical (unpaired) electrons. The van der Waals surface area contributed by atoms with Crippen molar-refractivity contribution in [1.29, 1.82) is 0 Å². The quantitative estimate of drug-likeness (QED) is 0.730. The van der Waals surface area contributed by atoms with Gasteiger partial charge in [-0.05, 0) is 32.1 Å². The van der Waals surface area contributed by atoms with Crippen LogP contribution in [0.2, 0.25) is 0 Å². The fourth-order valence-corrected chi connectivity index (χ4v) is 1.90. The summed E-state index contributed by atoms with van der Waals surface area (Å²) >= 11 is 0. The first-order chi connectivity index (χ1) is 9.08. The van der Waals surface area contributed by atoms with Crippen LogP contribution in [0.5, 0.6) is 5.75 Å². The molecule has 1 rings (SSSR count). The maximum absolute atomic E-state index is 11.4. The van der Waals surface area contributed by atoms with Crippen LogP contribution in [0.1, 0.15) is 31.1 Å². The molecule has 0 aliphatic heterocycles. The maximum Gasteiger partial charge on any atom is 0.163 e. The van der Waals surface area contributed by atoms with E-state index < -0.39 is 6.10 Å². The van der Waals surface area contributed by atoms with Crippen molar-refractivity contribution >= 4 is 5.78 Å². The summed E-state index contributed by atoms with van der Waals surface area (Å²) in [6.07, 6.45) is -0.556. The van der Waals surface area contributed by atoms with E-state index in [1.165, 1.54) is 6.92 Å². The van der Waals surface area contributed by atoms with Gasteiger partial charge in [0.15, 0.2) is 5.78 Å². The molecule has 0 aliphatic rings. The largest absolute Gasteiger partial charge is 0.490 e. The SMILES string of the molecule is CCN(CC)C[C@H](O)COc1ccccc1C(C)=O. The highest BCUT2D eigenvalue weighted by atomic mass is 16.5. The molecule has 0 unspecified atom stereocenters. The van der Waals surface area contributed by atoms with E-state index in [9.17, 15) is 9.90 Å². The lowest BCUT2D eigenvalue weighted by molar-refractivity contribution is 0.0708. The van der Waals surface area contributed by atoms with E-state index in [1.807, 2.05) is 6.07 Å². The molecular weight excluding hydrogens is 242 g/mol. The van der Waals surface area contributed by atoms with E-state index in [-0.39, 0.29) is 12.4 Å². The Labute approximate surface area is 115 Å². The van der Waals surface area contributed by atoms with Crippen LogP contribution in [-0.4, -0.2) is 48.1 Å². The van der Waals surface area contributed by atoms with Gasteiger partial charge in [-0.15, -0.1) is 0 Å². The van der Waals surface area contributed by atoms with Gasteiger partial charge in [0.2, 0.25) is 0 Å². The van der Waals surface area contributed by atoms with Crippen molar-refractivity contribution in [3.63, 3.8) is 0 Å². The molecule has 4 nitrogen and oxygen atoms in total. The van der Waals surface area contributed by atoms with Crippen LogP contribution in [0, 0.1) is 0 Å². The lowest BCUT2D eigenvalue weighted by Crippen LogP contribution is -2.35. The zero-order valence-electron chi connectivity index (χ0n) is 11.9. The van der Waals surface area contributed by atoms with Gasteiger partial charge in [-0.25, -0.2) is 0 Å². The van der Waals surface area contributed by atoms with Gasteiger partial charge in [0.05, 0.1) is 5.56 Å². The highest BCUT2D eigenvalue weighted by molar-refractivity contribution is 5.96. The minimum atomic E-state index is -0.556. The number of benzene rings is 1. The molecule has 19 heavy (non-hydrogen) atoms. The van der Waals surface area contributed by atoms with Gasteiger partial charge in [0, 0.05) is 6.54 Å². The average molecular weight is 265 g/mol. The van der Waals surface area contributed by atoms with Gasteiger partial charge in [-0.2, -0.15) is 0 Å². The number of rotatable bonds is 8. The van der Waals surface area contributed by atoms with Gasteiger partial charge in [0.1, 0.15) is 18.5 Å². The Morgan fingerprint density at radius 2 is 1.95 bits per heavy atom. The van der Waals surface area contributed by atoms with Crippen LogP contribution in [0.25, 0.3) is 0 Å². The average Bonchev–Trinajstić information content (AvgIpc) is 2.42. The van der Waals surface area contributed by atoms with E-state index in [1.54, 1.807) is 18.2 Å². The Hall–Kier alpha value is -1.39. The van der Waals surface area contributed by atoms with Crippen LogP contribution in [0.15, 0.2) is 24.3 Å². The monoisotopic (exact) mass is 265 g/mol. The Kier molecular flexibility index (Phi) is 6.53. The Morgan fingerprint density at radius 1 is 1.32 bits per heavy atom. The molecule has 0 aromatic heterocycles. The second kappa shape index (κ2) is 7.92. The summed E-state index contributed by atoms with van der Waals surface area (Å²) in [5, 5.41) is 9.92. The predicted molar refractivity (Wildman–Crippen MR) is 75.7 cm³/mol. The summed E-state index contributed by atoms with van der Waals surface area (Å²) in [5.41, 5.74) is 0.553. The number of ketones is 1. The summed E-state index contributed by atoms with van der Waals surface area (Å²) in [6, 6.07) is 7.10. The zero-order valence-corrected chi connectivity index (χ0v) is 11.9. The lowest BCUT2D eigenvalue weighted by atomic mass is 10.1. The number of aliphatic hydroxyl groups excluding tert-OH is 1. The van der Waals surface area contributed by atoms with Crippen LogP contribution in [0.4, 0.5) is 0 Å². The number of likely N-dealkylation sites (N-methyl/N-ethyl adjacent to an activating group) is 1. The number of Topliss-reactive ketones (excluding diaryl/α,β-unsaturated/α-hetero) is 1. The molecule has 106 valence electrons. The summed E-state index contributed by atoms with van der Waals surface area (Å²) < 4.78 is 5.55. The first-order valence-electron chi connectivity index (χ1n) is 6.71. The Bertz CT molecular complexity index is 402. The summed E-state index contributed by atoms with van der Waals surface area (Å²) in [6.45, 7) is 8.20. The molecule has 1 atom stereocenters. The number of carbonyl (C=O) groups excluding carboxylic acids is 1. The summed E-state index contributed by atoms with van der Waals surface area (Å²) in [7, 11) is 0. The number of nitrogens with zero attached hydrogens (tertiary/aromatic N) is 1. The van der Waals surface area contributed by atoms with E-state index in [2.05, 4.69) is 18.7 Å². The highest BCUT2D eigenvalue weighted by Gasteiger charge is 2.12. The number of carbonyl (C=O) groups is 1. The summed E-state index contributed by atoms with van der Waals surface area (Å²) in [4.78, 5) is 13.6. The fourth-order valence-electron chi connectivity index (χ4n) is 1.90.